The maximum absolute atomic E-state index is 12.9. The number of benzene rings is 2. The number of aromatic amines is 1. The van der Waals surface area contributed by atoms with E-state index in [1.54, 1.807) is 12.5 Å². The number of fused-ring (bicyclic) bond motifs is 3. The predicted octanol–water partition coefficient (Wildman–Crippen LogP) is 4.72. The van der Waals surface area contributed by atoms with E-state index in [1.165, 1.54) is 29.5 Å². The first-order valence-corrected chi connectivity index (χ1v) is 10.2. The second kappa shape index (κ2) is 7.24. The fourth-order valence-electron chi connectivity index (χ4n) is 4.26. The summed E-state index contributed by atoms with van der Waals surface area (Å²) >= 11 is 0. The van der Waals surface area contributed by atoms with Gasteiger partial charge in [0.25, 0.3) is 5.91 Å². The van der Waals surface area contributed by atoms with Gasteiger partial charge in [0, 0.05) is 40.2 Å². The van der Waals surface area contributed by atoms with Gasteiger partial charge < -0.3 is 14.9 Å². The number of carbonyl (C=O) groups is 1. The molecule has 0 bridgehead atoms. The minimum absolute atomic E-state index is 0.0381. The smallest absolute Gasteiger partial charge is 0.251 e. The van der Waals surface area contributed by atoms with Crippen LogP contribution in [0.25, 0.3) is 16.6 Å². The Morgan fingerprint density at radius 1 is 1.14 bits per heavy atom. The van der Waals surface area contributed by atoms with Gasteiger partial charge in [-0.15, -0.1) is 0 Å². The molecule has 1 atom stereocenters. The van der Waals surface area contributed by atoms with Crippen LogP contribution in [0.3, 0.4) is 0 Å². The van der Waals surface area contributed by atoms with Crippen LogP contribution in [0, 0.1) is 0 Å². The molecule has 1 aliphatic carbocycles. The van der Waals surface area contributed by atoms with E-state index in [2.05, 4.69) is 15.3 Å². The van der Waals surface area contributed by atoms with Crippen LogP contribution >= 0.6 is 0 Å². The van der Waals surface area contributed by atoms with Crippen LogP contribution in [0.4, 0.5) is 0 Å². The van der Waals surface area contributed by atoms with E-state index in [-0.39, 0.29) is 11.9 Å². The molecule has 2 aromatic heterocycles. The first-order chi connectivity index (χ1) is 14.2. The zero-order valence-electron chi connectivity index (χ0n) is 16.5. The summed E-state index contributed by atoms with van der Waals surface area (Å²) < 4.78 is 1.96. The van der Waals surface area contributed by atoms with Crippen molar-refractivity contribution in [3.63, 3.8) is 0 Å². The molecule has 4 aromatic rings. The lowest BCUT2D eigenvalue weighted by Gasteiger charge is -2.15. The summed E-state index contributed by atoms with van der Waals surface area (Å²) in [5.41, 5.74) is 6.71. The van der Waals surface area contributed by atoms with E-state index >= 15 is 0 Å². The van der Waals surface area contributed by atoms with Crippen molar-refractivity contribution in [3.8, 4) is 5.69 Å². The summed E-state index contributed by atoms with van der Waals surface area (Å²) in [4.78, 5) is 20.5. The van der Waals surface area contributed by atoms with E-state index < -0.39 is 0 Å². The van der Waals surface area contributed by atoms with Gasteiger partial charge >= 0.3 is 0 Å². The molecule has 0 spiro atoms. The number of imidazole rings is 1. The summed E-state index contributed by atoms with van der Waals surface area (Å²) in [5.74, 6) is -0.0381. The highest BCUT2D eigenvalue weighted by atomic mass is 16.1. The molecule has 5 heteroatoms. The van der Waals surface area contributed by atoms with E-state index in [1.807, 2.05) is 60.2 Å². The maximum atomic E-state index is 12.9. The SMILES string of the molecule is CC(NC(=O)c1ccc2[nH]c3c(c2c1)CCCC3)c1ccc(-n2ccnc2)cc1. The molecule has 0 saturated carbocycles. The number of amides is 1. The third-order valence-electron chi connectivity index (χ3n) is 5.90. The molecule has 0 fully saturated rings. The number of aromatic nitrogens is 3. The maximum Gasteiger partial charge on any atom is 0.251 e. The topological polar surface area (TPSA) is 62.7 Å². The third kappa shape index (κ3) is 3.33. The second-order valence-electron chi connectivity index (χ2n) is 7.81. The van der Waals surface area contributed by atoms with E-state index in [0.717, 1.165) is 29.6 Å². The van der Waals surface area contributed by atoms with Crippen molar-refractivity contribution in [3.05, 3.63) is 83.6 Å². The van der Waals surface area contributed by atoms with Gasteiger partial charge in [-0.2, -0.15) is 0 Å². The average Bonchev–Trinajstić information content (AvgIpc) is 3.41. The first-order valence-electron chi connectivity index (χ1n) is 10.2. The largest absolute Gasteiger partial charge is 0.358 e. The molecule has 29 heavy (non-hydrogen) atoms. The Morgan fingerprint density at radius 2 is 1.97 bits per heavy atom. The van der Waals surface area contributed by atoms with Crippen LogP contribution in [0.5, 0.6) is 0 Å². The zero-order valence-corrected chi connectivity index (χ0v) is 16.5. The quantitative estimate of drug-likeness (QED) is 0.535. The fraction of sp³-hybridized carbons (Fsp3) is 0.250. The van der Waals surface area contributed by atoms with E-state index in [4.69, 9.17) is 0 Å². The summed E-state index contributed by atoms with van der Waals surface area (Å²) in [6, 6.07) is 14.1. The molecule has 1 aliphatic rings. The van der Waals surface area contributed by atoms with Gasteiger partial charge in [-0.1, -0.05) is 12.1 Å². The molecular formula is C24H24N4O. The van der Waals surface area contributed by atoms with Crippen LogP contribution < -0.4 is 5.32 Å². The average molecular weight is 384 g/mol. The predicted molar refractivity (Wildman–Crippen MR) is 114 cm³/mol. The van der Waals surface area contributed by atoms with Crippen LogP contribution in [-0.2, 0) is 12.8 Å². The Kier molecular flexibility index (Phi) is 4.43. The lowest BCUT2D eigenvalue weighted by molar-refractivity contribution is 0.0940. The minimum Gasteiger partial charge on any atom is -0.358 e. The van der Waals surface area contributed by atoms with E-state index in [0.29, 0.717) is 5.56 Å². The molecule has 2 N–H and O–H groups in total. The number of hydrogen-bond donors (Lipinski definition) is 2. The molecule has 1 amide bonds. The normalized spacial score (nSPS) is 14.5. The molecule has 0 saturated heterocycles. The highest BCUT2D eigenvalue weighted by Gasteiger charge is 2.18. The van der Waals surface area contributed by atoms with Crippen molar-refractivity contribution in [2.75, 3.05) is 0 Å². The van der Waals surface area contributed by atoms with Crippen molar-refractivity contribution in [2.24, 2.45) is 0 Å². The Morgan fingerprint density at radius 3 is 2.76 bits per heavy atom. The number of carbonyl (C=O) groups excluding carboxylic acids is 1. The van der Waals surface area contributed by atoms with Crippen molar-refractivity contribution in [1.82, 2.24) is 19.9 Å². The van der Waals surface area contributed by atoms with Crippen LogP contribution in [0.15, 0.2) is 61.2 Å². The lowest BCUT2D eigenvalue weighted by Crippen LogP contribution is -2.26. The van der Waals surface area contributed by atoms with Gasteiger partial charge in [0.15, 0.2) is 0 Å². The summed E-state index contributed by atoms with van der Waals surface area (Å²) in [6.45, 7) is 2.01. The Balaban J connectivity index is 1.34. The highest BCUT2D eigenvalue weighted by molar-refractivity contribution is 5.99. The van der Waals surface area contributed by atoms with Gasteiger partial charge in [0.05, 0.1) is 12.4 Å². The molecule has 0 radical (unpaired) electrons. The lowest BCUT2D eigenvalue weighted by atomic mass is 9.95. The number of nitrogens with one attached hydrogen (secondary N) is 2. The van der Waals surface area contributed by atoms with E-state index in [9.17, 15) is 4.79 Å². The van der Waals surface area contributed by atoms with Gasteiger partial charge in [-0.05, 0) is 74.1 Å². The van der Waals surface area contributed by atoms with Crippen molar-refractivity contribution < 1.29 is 4.79 Å². The Labute approximate surface area is 169 Å². The van der Waals surface area contributed by atoms with Gasteiger partial charge in [0.2, 0.25) is 0 Å². The minimum atomic E-state index is -0.0739. The fourth-order valence-corrected chi connectivity index (χ4v) is 4.26. The van der Waals surface area contributed by atoms with Crippen LogP contribution in [0.2, 0.25) is 0 Å². The van der Waals surface area contributed by atoms with Gasteiger partial charge in [-0.3, -0.25) is 4.79 Å². The molecule has 2 heterocycles. The second-order valence-corrected chi connectivity index (χ2v) is 7.81. The molecule has 5 rings (SSSR count). The summed E-state index contributed by atoms with van der Waals surface area (Å²) in [7, 11) is 0. The molecule has 0 aliphatic heterocycles. The summed E-state index contributed by atoms with van der Waals surface area (Å²) in [6.07, 6.45) is 10.1. The highest BCUT2D eigenvalue weighted by Crippen LogP contribution is 2.30. The van der Waals surface area contributed by atoms with Crippen molar-refractivity contribution in [1.29, 1.82) is 0 Å². The van der Waals surface area contributed by atoms with Crippen LogP contribution in [-0.4, -0.2) is 20.4 Å². The first kappa shape index (κ1) is 17.7. The summed E-state index contributed by atoms with van der Waals surface area (Å²) in [5, 5.41) is 4.33. The third-order valence-corrected chi connectivity index (χ3v) is 5.90. The number of hydrogen-bond acceptors (Lipinski definition) is 2. The monoisotopic (exact) mass is 384 g/mol. The number of aryl methyl sites for hydroxylation is 2. The van der Waals surface area contributed by atoms with Gasteiger partial charge in [-0.25, -0.2) is 4.98 Å². The number of H-pyrrole nitrogens is 1. The molecule has 5 nitrogen and oxygen atoms in total. The molecule has 2 aromatic carbocycles. The van der Waals surface area contributed by atoms with Crippen LogP contribution in [0.1, 0.15) is 53.0 Å². The Bertz CT molecular complexity index is 1160. The van der Waals surface area contributed by atoms with Crippen molar-refractivity contribution >= 4 is 16.8 Å². The standard InChI is InChI=1S/C24H24N4O/c1-16(17-6-9-19(10-7-17)28-13-12-25-15-28)26-24(29)18-8-11-23-21(14-18)20-4-2-3-5-22(20)27-23/h6-16,27H,2-5H2,1H3,(H,26,29). The number of nitrogens with zero attached hydrogens (tertiary/aromatic N) is 2. The number of rotatable bonds is 4. The molecule has 1 unspecified atom stereocenters. The zero-order chi connectivity index (χ0) is 19.8. The molecule has 146 valence electrons. The molecular weight excluding hydrogens is 360 g/mol. The Hall–Kier alpha value is -3.34. The van der Waals surface area contributed by atoms with Gasteiger partial charge in [0.1, 0.15) is 0 Å². The van der Waals surface area contributed by atoms with Crippen molar-refractivity contribution in [2.45, 2.75) is 38.6 Å².